The Hall–Kier alpha value is -2.89. The highest BCUT2D eigenvalue weighted by Gasteiger charge is 2.54. The number of morpholine rings is 1. The maximum atomic E-state index is 12.7. The summed E-state index contributed by atoms with van der Waals surface area (Å²) in [5.41, 5.74) is 1.13. The van der Waals surface area contributed by atoms with Crippen LogP contribution in [0.25, 0.3) is 0 Å². The number of hydrogen-bond donors (Lipinski definition) is 2. The van der Waals surface area contributed by atoms with Crippen LogP contribution < -0.4 is 5.32 Å². The van der Waals surface area contributed by atoms with Gasteiger partial charge in [0.15, 0.2) is 0 Å². The summed E-state index contributed by atoms with van der Waals surface area (Å²) in [6.45, 7) is 4.18. The molecule has 0 radical (unpaired) electrons. The average Bonchev–Trinajstić information content (AvgIpc) is 2.83. The van der Waals surface area contributed by atoms with Crippen molar-refractivity contribution in [3.8, 4) is 0 Å². The van der Waals surface area contributed by atoms with Crippen molar-refractivity contribution in [2.24, 2.45) is 5.16 Å². The van der Waals surface area contributed by atoms with E-state index in [0.29, 0.717) is 37.7 Å². The van der Waals surface area contributed by atoms with Crippen molar-refractivity contribution in [2.45, 2.75) is 17.8 Å². The van der Waals surface area contributed by atoms with E-state index < -0.39 is 23.3 Å². The van der Waals surface area contributed by atoms with Gasteiger partial charge in [-0.3, -0.25) is 19.4 Å². The lowest BCUT2D eigenvalue weighted by Gasteiger charge is -2.49. The highest BCUT2D eigenvalue weighted by molar-refractivity contribution is 8.00. The minimum absolute atomic E-state index is 0.113. The summed E-state index contributed by atoms with van der Waals surface area (Å²) < 4.78 is 5.30. The van der Waals surface area contributed by atoms with Crippen LogP contribution in [0.15, 0.2) is 46.8 Å². The first-order chi connectivity index (χ1) is 16.0. The van der Waals surface area contributed by atoms with E-state index in [9.17, 15) is 19.5 Å². The summed E-state index contributed by atoms with van der Waals surface area (Å²) in [4.78, 5) is 45.7. The molecule has 0 saturated carbocycles. The first-order valence-electron chi connectivity index (χ1n) is 10.7. The number of β-lactam (4-membered cyclic amide) rings is 1. The van der Waals surface area contributed by atoms with Crippen molar-refractivity contribution >= 4 is 35.8 Å². The van der Waals surface area contributed by atoms with Crippen LogP contribution in [0.3, 0.4) is 0 Å². The molecule has 176 valence electrons. The Balaban J connectivity index is 1.33. The molecule has 3 aliphatic rings. The predicted octanol–water partition coefficient (Wildman–Crippen LogP) is 0.302. The second kappa shape index (κ2) is 10.8. The van der Waals surface area contributed by atoms with E-state index in [2.05, 4.69) is 15.4 Å². The zero-order valence-electron chi connectivity index (χ0n) is 18.0. The Labute approximate surface area is 195 Å². The molecule has 0 bridgehead atoms. The van der Waals surface area contributed by atoms with Crippen molar-refractivity contribution in [3.05, 3.63) is 47.2 Å². The van der Waals surface area contributed by atoms with E-state index in [1.54, 1.807) is 0 Å². The molecule has 3 aliphatic heterocycles. The van der Waals surface area contributed by atoms with Crippen LogP contribution in [0.5, 0.6) is 0 Å². The van der Waals surface area contributed by atoms with Gasteiger partial charge in [-0.05, 0) is 5.56 Å². The molecule has 0 unspecified atom stereocenters. The number of nitrogens with one attached hydrogen (secondary N) is 1. The van der Waals surface area contributed by atoms with E-state index >= 15 is 0 Å². The van der Waals surface area contributed by atoms with Gasteiger partial charge in [0.2, 0.25) is 5.91 Å². The van der Waals surface area contributed by atoms with Gasteiger partial charge >= 0.3 is 5.97 Å². The molecule has 11 heteroatoms. The number of oxime groups is 1. The number of carboxylic acids is 1. The highest BCUT2D eigenvalue weighted by atomic mass is 32.2. The van der Waals surface area contributed by atoms with E-state index in [1.807, 2.05) is 30.3 Å². The van der Waals surface area contributed by atoms with Crippen LogP contribution in [0.1, 0.15) is 5.56 Å². The number of thioether (sulfide) groups is 1. The fraction of sp³-hybridized carbons (Fsp3) is 0.455. The van der Waals surface area contributed by atoms with E-state index in [4.69, 9.17) is 9.57 Å². The second-order valence-corrected chi connectivity index (χ2v) is 8.92. The van der Waals surface area contributed by atoms with Gasteiger partial charge in [-0.2, -0.15) is 0 Å². The number of hydrogen-bond acceptors (Lipinski definition) is 8. The van der Waals surface area contributed by atoms with Gasteiger partial charge < -0.3 is 20.0 Å². The molecular weight excluding hydrogens is 448 g/mol. The Bertz CT molecular complexity index is 947. The average molecular weight is 475 g/mol. The van der Waals surface area contributed by atoms with Crippen LogP contribution in [-0.2, 0) is 30.4 Å². The standard InChI is InChI=1S/C22H26N4O6S/c27-17(12-15-4-2-1-3-5-15)24-18-20(28)26-19(22(29)30)16(14-33-21(18)26)13-23-32-11-8-25-6-9-31-10-7-25/h1-5,13,18,21H,6-12,14H2,(H,24,27)(H,29,30)/t18-,21+/m1/s1. The highest BCUT2D eigenvalue weighted by Crippen LogP contribution is 2.39. The number of carbonyl (C=O) groups is 3. The van der Waals surface area contributed by atoms with Crippen molar-refractivity contribution in [3.63, 3.8) is 0 Å². The zero-order chi connectivity index (χ0) is 23.2. The van der Waals surface area contributed by atoms with Crippen LogP contribution in [-0.4, -0.2) is 95.5 Å². The first kappa shape index (κ1) is 23.3. The summed E-state index contributed by atoms with van der Waals surface area (Å²) in [5.74, 6) is -1.58. The molecule has 2 saturated heterocycles. The third-order valence-corrected chi connectivity index (χ3v) is 6.91. The molecule has 2 atom stereocenters. The van der Waals surface area contributed by atoms with Crippen molar-refractivity contribution < 1.29 is 29.1 Å². The molecule has 1 aromatic rings. The minimum Gasteiger partial charge on any atom is -0.477 e. The molecule has 33 heavy (non-hydrogen) atoms. The summed E-state index contributed by atoms with van der Waals surface area (Å²) >= 11 is 1.39. The van der Waals surface area contributed by atoms with Crippen LogP contribution in [0, 0.1) is 0 Å². The summed E-state index contributed by atoms with van der Waals surface area (Å²) in [6, 6.07) is 8.48. The number of nitrogens with zero attached hydrogens (tertiary/aromatic N) is 3. The fourth-order valence-electron chi connectivity index (χ4n) is 3.90. The number of aliphatic carboxylic acids is 1. The monoisotopic (exact) mass is 474 g/mol. The Kier molecular flexibility index (Phi) is 7.63. The smallest absolute Gasteiger partial charge is 0.353 e. The predicted molar refractivity (Wildman–Crippen MR) is 122 cm³/mol. The Morgan fingerprint density at radius 2 is 2.03 bits per heavy atom. The van der Waals surface area contributed by atoms with Gasteiger partial charge in [0.1, 0.15) is 23.7 Å². The van der Waals surface area contributed by atoms with Crippen molar-refractivity contribution in [1.29, 1.82) is 0 Å². The van der Waals surface area contributed by atoms with E-state index in [1.165, 1.54) is 22.9 Å². The molecule has 0 spiro atoms. The summed E-state index contributed by atoms with van der Waals surface area (Å²) in [6.07, 6.45) is 1.52. The van der Waals surface area contributed by atoms with Crippen LogP contribution in [0.2, 0.25) is 0 Å². The van der Waals surface area contributed by atoms with Gasteiger partial charge in [0, 0.05) is 31.0 Å². The molecule has 10 nitrogen and oxygen atoms in total. The number of carboxylic acid groups (broad SMARTS) is 1. The van der Waals surface area contributed by atoms with Gasteiger partial charge in [0.05, 0.1) is 25.8 Å². The number of carbonyl (C=O) groups excluding carboxylic acids is 2. The third-order valence-electron chi connectivity index (χ3n) is 5.61. The van der Waals surface area contributed by atoms with Crippen molar-refractivity contribution in [1.82, 2.24) is 15.1 Å². The fourth-order valence-corrected chi connectivity index (χ4v) is 5.19. The minimum atomic E-state index is -1.21. The summed E-state index contributed by atoms with van der Waals surface area (Å²) in [5, 5.41) is 15.9. The topological polar surface area (TPSA) is 121 Å². The van der Waals surface area contributed by atoms with E-state index in [0.717, 1.165) is 18.7 Å². The largest absolute Gasteiger partial charge is 0.477 e. The molecule has 3 heterocycles. The normalized spacial score (nSPS) is 23.3. The molecule has 4 rings (SSSR count). The lowest BCUT2D eigenvalue weighted by Crippen LogP contribution is -2.70. The number of fused-ring (bicyclic) bond motifs is 1. The summed E-state index contributed by atoms with van der Waals surface area (Å²) in [7, 11) is 0. The van der Waals surface area contributed by atoms with Crippen molar-refractivity contribution in [2.75, 3.05) is 45.2 Å². The van der Waals surface area contributed by atoms with Gasteiger partial charge in [-0.15, -0.1) is 11.8 Å². The zero-order valence-corrected chi connectivity index (χ0v) is 18.8. The molecular formula is C22H26N4O6S. The second-order valence-electron chi connectivity index (χ2n) is 7.82. The first-order valence-corrected chi connectivity index (χ1v) is 11.8. The lowest BCUT2D eigenvalue weighted by atomic mass is 10.0. The third kappa shape index (κ3) is 5.55. The van der Waals surface area contributed by atoms with Crippen LogP contribution in [0.4, 0.5) is 0 Å². The lowest BCUT2D eigenvalue weighted by molar-refractivity contribution is -0.150. The Morgan fingerprint density at radius 3 is 2.76 bits per heavy atom. The van der Waals surface area contributed by atoms with E-state index in [-0.39, 0.29) is 18.0 Å². The maximum absolute atomic E-state index is 12.7. The number of ether oxygens (including phenoxy) is 1. The molecule has 0 aliphatic carbocycles. The molecule has 1 aromatic carbocycles. The van der Waals surface area contributed by atoms with Crippen LogP contribution >= 0.6 is 11.8 Å². The van der Waals surface area contributed by atoms with Gasteiger partial charge in [0.25, 0.3) is 5.91 Å². The number of rotatable bonds is 9. The SMILES string of the molecule is O=C(Cc1ccccc1)N[C@@H]1C(=O)N2C(C(=O)O)=C(C=NOCCN3CCOCC3)CS[C@@H]12. The van der Waals surface area contributed by atoms with Gasteiger partial charge in [-0.1, -0.05) is 35.5 Å². The van der Waals surface area contributed by atoms with Gasteiger partial charge in [-0.25, -0.2) is 4.79 Å². The molecule has 2 fully saturated rings. The maximum Gasteiger partial charge on any atom is 0.353 e. The number of amides is 2. The Morgan fingerprint density at radius 1 is 1.27 bits per heavy atom. The molecule has 0 aromatic heterocycles. The molecule has 2 N–H and O–H groups in total. The number of benzene rings is 1. The quantitative estimate of drug-likeness (QED) is 0.227. The molecule has 2 amide bonds.